The molecule has 1 atom stereocenters. The van der Waals surface area contributed by atoms with Crippen molar-refractivity contribution in [1.29, 1.82) is 0 Å². The van der Waals surface area contributed by atoms with Crippen molar-refractivity contribution in [2.45, 2.75) is 58.0 Å². The third-order valence-corrected chi connectivity index (χ3v) is 5.94. The van der Waals surface area contributed by atoms with E-state index >= 15 is 0 Å². The highest BCUT2D eigenvalue weighted by atomic mass is 16.2. The minimum atomic E-state index is -0.110. The number of amides is 1. The quantitative estimate of drug-likeness (QED) is 0.823. The summed E-state index contributed by atoms with van der Waals surface area (Å²) < 4.78 is 1.49. The van der Waals surface area contributed by atoms with E-state index in [4.69, 9.17) is 0 Å². The molecule has 0 radical (unpaired) electrons. The van der Waals surface area contributed by atoms with Crippen LogP contribution in [0, 0.1) is 5.92 Å². The number of nitrogens with zero attached hydrogens (tertiary/aromatic N) is 3. The molecule has 3 heterocycles. The van der Waals surface area contributed by atoms with Gasteiger partial charge in [0.2, 0.25) is 5.91 Å². The van der Waals surface area contributed by atoms with Crippen LogP contribution in [0.4, 0.5) is 0 Å². The van der Waals surface area contributed by atoms with Crippen LogP contribution in [-0.2, 0) is 11.3 Å². The smallest absolute Gasteiger partial charge is 0.250 e. The second kappa shape index (κ2) is 8.65. The minimum absolute atomic E-state index is 0.0661. The van der Waals surface area contributed by atoms with Crippen molar-refractivity contribution < 1.29 is 4.79 Å². The minimum Gasteiger partial charge on any atom is -0.341 e. The van der Waals surface area contributed by atoms with Crippen molar-refractivity contribution in [2.75, 3.05) is 26.2 Å². The first-order valence-corrected chi connectivity index (χ1v) is 9.81. The van der Waals surface area contributed by atoms with Gasteiger partial charge in [-0.2, -0.15) is 0 Å². The van der Waals surface area contributed by atoms with E-state index in [1.165, 1.54) is 49.4 Å². The van der Waals surface area contributed by atoms with Crippen molar-refractivity contribution >= 4 is 5.91 Å². The Morgan fingerprint density at radius 1 is 1.12 bits per heavy atom. The Morgan fingerprint density at radius 3 is 2.64 bits per heavy atom. The second-order valence-electron chi connectivity index (χ2n) is 7.66. The lowest BCUT2D eigenvalue weighted by atomic mass is 9.92. The molecule has 1 aromatic rings. The molecule has 0 saturated carbocycles. The predicted octanol–water partition coefficient (Wildman–Crippen LogP) is 2.35. The van der Waals surface area contributed by atoms with Gasteiger partial charge in [-0.1, -0.05) is 12.5 Å². The molecule has 2 saturated heterocycles. The largest absolute Gasteiger partial charge is 0.341 e. The molecule has 0 bridgehead atoms. The normalized spacial score (nSPS) is 22.9. The zero-order chi connectivity index (χ0) is 17.6. The molecule has 0 spiro atoms. The highest BCUT2D eigenvalue weighted by Crippen LogP contribution is 2.23. The number of hydrogen-bond donors (Lipinski definition) is 0. The topological polar surface area (TPSA) is 45.5 Å². The monoisotopic (exact) mass is 345 g/mol. The van der Waals surface area contributed by atoms with Crippen LogP contribution in [0.1, 0.15) is 45.4 Å². The Labute approximate surface area is 150 Å². The summed E-state index contributed by atoms with van der Waals surface area (Å²) >= 11 is 0. The number of carbonyl (C=O) groups is 1. The molecule has 25 heavy (non-hydrogen) atoms. The first kappa shape index (κ1) is 18.2. The van der Waals surface area contributed by atoms with Gasteiger partial charge in [0.05, 0.1) is 0 Å². The van der Waals surface area contributed by atoms with Crippen molar-refractivity contribution in [1.82, 2.24) is 14.4 Å². The van der Waals surface area contributed by atoms with Crippen LogP contribution < -0.4 is 5.56 Å². The van der Waals surface area contributed by atoms with Crippen LogP contribution in [0.25, 0.3) is 0 Å². The third-order valence-electron chi connectivity index (χ3n) is 5.94. The van der Waals surface area contributed by atoms with Gasteiger partial charge in [-0.15, -0.1) is 0 Å². The van der Waals surface area contributed by atoms with Crippen molar-refractivity contribution in [3.8, 4) is 0 Å². The van der Waals surface area contributed by atoms with Crippen molar-refractivity contribution in [3.05, 3.63) is 34.7 Å². The van der Waals surface area contributed by atoms with Gasteiger partial charge in [0.25, 0.3) is 5.56 Å². The SMILES string of the molecule is C[C@@H]1CCCCN1CCC1CCN(C(=O)Cn2ccccc2=O)CC1. The molecule has 0 aromatic carbocycles. The number of carbonyl (C=O) groups excluding carboxylic acids is 1. The van der Waals surface area contributed by atoms with Crippen LogP contribution in [-0.4, -0.2) is 52.5 Å². The van der Waals surface area contributed by atoms with E-state index in [0.29, 0.717) is 0 Å². The van der Waals surface area contributed by atoms with Crippen LogP contribution in [0.2, 0.25) is 0 Å². The van der Waals surface area contributed by atoms with Gasteiger partial charge >= 0.3 is 0 Å². The summed E-state index contributed by atoms with van der Waals surface area (Å²) in [4.78, 5) is 28.7. The van der Waals surface area contributed by atoms with Gasteiger partial charge < -0.3 is 14.4 Å². The second-order valence-corrected chi connectivity index (χ2v) is 7.66. The maximum atomic E-state index is 12.4. The number of pyridine rings is 1. The highest BCUT2D eigenvalue weighted by molar-refractivity contribution is 5.76. The summed E-state index contributed by atoms with van der Waals surface area (Å²) in [5, 5.41) is 0. The molecule has 5 heteroatoms. The number of rotatable bonds is 5. The lowest BCUT2D eigenvalue weighted by Gasteiger charge is -2.36. The summed E-state index contributed by atoms with van der Waals surface area (Å²) in [7, 11) is 0. The Hall–Kier alpha value is -1.62. The Balaban J connectivity index is 1.41. The molecule has 1 amide bonds. The van der Waals surface area contributed by atoms with E-state index in [0.717, 1.165) is 37.9 Å². The zero-order valence-corrected chi connectivity index (χ0v) is 15.4. The average molecular weight is 345 g/mol. The molecule has 3 rings (SSSR count). The van der Waals surface area contributed by atoms with Gasteiger partial charge in [-0.3, -0.25) is 9.59 Å². The van der Waals surface area contributed by atoms with Gasteiger partial charge in [0.1, 0.15) is 6.54 Å². The lowest BCUT2D eigenvalue weighted by Crippen LogP contribution is -2.43. The number of aromatic nitrogens is 1. The Morgan fingerprint density at radius 2 is 1.92 bits per heavy atom. The maximum Gasteiger partial charge on any atom is 0.250 e. The molecule has 0 N–H and O–H groups in total. The van der Waals surface area contributed by atoms with Crippen molar-refractivity contribution in [3.63, 3.8) is 0 Å². The summed E-state index contributed by atoms with van der Waals surface area (Å²) in [6.45, 7) is 6.65. The molecular weight excluding hydrogens is 314 g/mol. The highest BCUT2D eigenvalue weighted by Gasteiger charge is 2.24. The first-order valence-electron chi connectivity index (χ1n) is 9.81. The molecule has 5 nitrogen and oxygen atoms in total. The van der Waals surface area contributed by atoms with Crippen LogP contribution in [0.15, 0.2) is 29.2 Å². The van der Waals surface area contributed by atoms with E-state index in [1.54, 1.807) is 18.3 Å². The average Bonchev–Trinajstić information content (AvgIpc) is 2.63. The molecule has 0 unspecified atom stereocenters. The fourth-order valence-electron chi connectivity index (χ4n) is 4.15. The van der Waals surface area contributed by atoms with Gasteiger partial charge in [-0.25, -0.2) is 0 Å². The molecule has 2 aliphatic heterocycles. The fourth-order valence-corrected chi connectivity index (χ4v) is 4.15. The molecular formula is C20H31N3O2. The maximum absolute atomic E-state index is 12.4. The van der Waals surface area contributed by atoms with E-state index < -0.39 is 0 Å². The van der Waals surface area contributed by atoms with Gasteiger partial charge in [-0.05, 0) is 64.1 Å². The Bertz CT molecular complexity index is 619. The van der Waals surface area contributed by atoms with Gasteiger partial charge in [0.15, 0.2) is 0 Å². The summed E-state index contributed by atoms with van der Waals surface area (Å²) in [5.74, 6) is 0.800. The van der Waals surface area contributed by atoms with Gasteiger partial charge in [0, 0.05) is 31.4 Å². The van der Waals surface area contributed by atoms with Crippen LogP contribution in [0.3, 0.4) is 0 Å². The van der Waals surface area contributed by atoms with Crippen LogP contribution in [0.5, 0.6) is 0 Å². The van der Waals surface area contributed by atoms with Crippen molar-refractivity contribution in [2.24, 2.45) is 5.92 Å². The van der Waals surface area contributed by atoms with E-state index in [9.17, 15) is 9.59 Å². The molecule has 0 aliphatic carbocycles. The molecule has 2 aliphatic rings. The number of piperidine rings is 2. The number of hydrogen-bond acceptors (Lipinski definition) is 3. The molecule has 1 aromatic heterocycles. The zero-order valence-electron chi connectivity index (χ0n) is 15.4. The first-order chi connectivity index (χ1) is 12.1. The summed E-state index contributed by atoms with van der Waals surface area (Å²) in [5.41, 5.74) is -0.110. The fraction of sp³-hybridized carbons (Fsp3) is 0.700. The number of likely N-dealkylation sites (tertiary alicyclic amines) is 2. The van der Waals surface area contributed by atoms with E-state index in [-0.39, 0.29) is 18.0 Å². The summed E-state index contributed by atoms with van der Waals surface area (Å²) in [6, 6.07) is 5.74. The van der Waals surface area contributed by atoms with Crippen LogP contribution >= 0.6 is 0 Å². The van der Waals surface area contributed by atoms with E-state index in [1.807, 2.05) is 4.90 Å². The molecule has 138 valence electrons. The third kappa shape index (κ3) is 4.94. The molecule has 2 fully saturated rings. The summed E-state index contributed by atoms with van der Waals surface area (Å²) in [6.07, 6.45) is 9.19. The van der Waals surface area contributed by atoms with E-state index in [2.05, 4.69) is 11.8 Å². The lowest BCUT2D eigenvalue weighted by molar-refractivity contribution is -0.133. The Kier molecular flexibility index (Phi) is 6.29. The predicted molar refractivity (Wildman–Crippen MR) is 99.5 cm³/mol. The standard InChI is InChI=1S/C20H31N3O2/c1-17-6-2-4-11-21(17)13-8-18-9-14-22(15-10-18)20(25)16-23-12-5-3-7-19(23)24/h3,5,7,12,17-18H,2,4,6,8-11,13-16H2,1H3/t17-/m1/s1.